The molecule has 35 heavy (non-hydrogen) atoms. The Hall–Kier alpha value is -3.55. The van der Waals surface area contributed by atoms with Gasteiger partial charge < -0.3 is 25.0 Å². The van der Waals surface area contributed by atoms with Crippen LogP contribution in [0.4, 0.5) is 17.2 Å². The fraction of sp³-hybridized carbons (Fsp3) is 0.259. The van der Waals surface area contributed by atoms with Crippen molar-refractivity contribution >= 4 is 39.7 Å². The Bertz CT molecular complexity index is 1360. The van der Waals surface area contributed by atoms with E-state index < -0.39 is 0 Å². The van der Waals surface area contributed by atoms with Crippen LogP contribution in [0.1, 0.15) is 6.42 Å². The number of pyridine rings is 2. The fourth-order valence-electron chi connectivity index (χ4n) is 4.50. The number of nitrogens with zero attached hydrogens (tertiary/aromatic N) is 4. The lowest BCUT2D eigenvalue weighted by atomic mass is 10.0. The van der Waals surface area contributed by atoms with Gasteiger partial charge in [0.1, 0.15) is 5.82 Å². The number of phenols is 1. The van der Waals surface area contributed by atoms with Gasteiger partial charge in [-0.15, -0.1) is 0 Å². The molecule has 1 aliphatic heterocycles. The molecule has 8 heteroatoms. The fourth-order valence-corrected chi connectivity index (χ4v) is 4.72. The van der Waals surface area contributed by atoms with E-state index in [4.69, 9.17) is 21.3 Å². The summed E-state index contributed by atoms with van der Waals surface area (Å²) in [6.45, 7) is 2.02. The van der Waals surface area contributed by atoms with Gasteiger partial charge in [0.15, 0.2) is 11.5 Å². The molecule has 0 aliphatic carbocycles. The van der Waals surface area contributed by atoms with Gasteiger partial charge in [-0.3, -0.25) is 4.98 Å². The summed E-state index contributed by atoms with van der Waals surface area (Å²) in [4.78, 5) is 13.8. The highest BCUT2D eigenvalue weighted by atomic mass is 35.5. The number of nitrogens with one attached hydrogen (secondary N) is 1. The van der Waals surface area contributed by atoms with Crippen LogP contribution >= 0.6 is 11.6 Å². The molecule has 0 bridgehead atoms. The Morgan fingerprint density at radius 2 is 1.94 bits per heavy atom. The maximum atomic E-state index is 10.1. The molecule has 5 rings (SSSR count). The van der Waals surface area contributed by atoms with E-state index in [1.54, 1.807) is 18.3 Å². The number of halogens is 1. The van der Waals surface area contributed by atoms with Crippen LogP contribution in [-0.2, 0) is 0 Å². The molecule has 2 aromatic heterocycles. The first-order valence-electron chi connectivity index (χ1n) is 11.5. The molecule has 0 spiro atoms. The molecule has 7 nitrogen and oxygen atoms in total. The summed E-state index contributed by atoms with van der Waals surface area (Å²) < 4.78 is 5.27. The number of likely N-dealkylation sites (N-methyl/N-ethyl adjacent to an activating group) is 1. The Kier molecular flexibility index (Phi) is 6.36. The maximum Gasteiger partial charge on any atom is 0.176 e. The van der Waals surface area contributed by atoms with Crippen molar-refractivity contribution in [2.45, 2.75) is 12.5 Å². The second-order valence-electron chi connectivity index (χ2n) is 8.98. The summed E-state index contributed by atoms with van der Waals surface area (Å²) in [6.07, 6.45) is 4.81. The van der Waals surface area contributed by atoms with Crippen LogP contribution in [0.3, 0.4) is 0 Å². The molecule has 1 unspecified atom stereocenters. The van der Waals surface area contributed by atoms with Crippen molar-refractivity contribution in [3.63, 3.8) is 0 Å². The highest BCUT2D eigenvalue weighted by Gasteiger charge is 2.24. The predicted octanol–water partition coefficient (Wildman–Crippen LogP) is 5.55. The molecule has 4 aromatic rings. The maximum absolute atomic E-state index is 10.1. The van der Waals surface area contributed by atoms with Crippen LogP contribution in [0.25, 0.3) is 22.0 Å². The highest BCUT2D eigenvalue weighted by molar-refractivity contribution is 6.32. The molecule has 0 radical (unpaired) electrons. The lowest BCUT2D eigenvalue weighted by Crippen LogP contribution is -2.31. The van der Waals surface area contributed by atoms with Gasteiger partial charge in [0.2, 0.25) is 0 Å². The number of methoxy groups -OCH3 is 1. The van der Waals surface area contributed by atoms with E-state index in [-0.39, 0.29) is 10.8 Å². The van der Waals surface area contributed by atoms with E-state index in [1.165, 1.54) is 7.11 Å². The second kappa shape index (κ2) is 9.60. The average Bonchev–Trinajstić information content (AvgIpc) is 3.37. The molecule has 3 heterocycles. The smallest absolute Gasteiger partial charge is 0.176 e. The molecular weight excluding hydrogens is 462 g/mol. The number of aromatic hydroxyl groups is 1. The molecule has 1 saturated heterocycles. The lowest BCUT2D eigenvalue weighted by Gasteiger charge is -2.21. The van der Waals surface area contributed by atoms with Crippen LogP contribution in [0.15, 0.2) is 60.9 Å². The molecule has 0 saturated carbocycles. The first kappa shape index (κ1) is 23.2. The van der Waals surface area contributed by atoms with Gasteiger partial charge in [-0.25, -0.2) is 4.98 Å². The summed E-state index contributed by atoms with van der Waals surface area (Å²) in [6, 6.07) is 16.2. The Morgan fingerprint density at radius 3 is 2.66 bits per heavy atom. The zero-order chi connectivity index (χ0) is 24.5. The quantitative estimate of drug-likeness (QED) is 0.368. The van der Waals surface area contributed by atoms with E-state index in [0.29, 0.717) is 11.8 Å². The molecule has 0 amide bonds. The third-order valence-corrected chi connectivity index (χ3v) is 6.86. The number of rotatable bonds is 6. The number of anilines is 3. The van der Waals surface area contributed by atoms with Crippen LogP contribution in [0.5, 0.6) is 11.5 Å². The van der Waals surface area contributed by atoms with Crippen LogP contribution in [0.2, 0.25) is 5.02 Å². The first-order chi connectivity index (χ1) is 16.9. The normalized spacial score (nSPS) is 15.7. The second-order valence-corrected chi connectivity index (χ2v) is 9.39. The monoisotopic (exact) mass is 489 g/mol. The number of hydrogen-bond donors (Lipinski definition) is 2. The van der Waals surface area contributed by atoms with Crippen molar-refractivity contribution in [3.8, 4) is 22.6 Å². The third-order valence-electron chi connectivity index (χ3n) is 6.57. The van der Waals surface area contributed by atoms with Gasteiger partial charge in [-0.1, -0.05) is 17.7 Å². The predicted molar refractivity (Wildman–Crippen MR) is 142 cm³/mol. The molecule has 2 N–H and O–H groups in total. The standard InChI is InChI=1S/C27H28ClN5O2/c1-32(2)20-9-11-33(16-20)26-7-5-19(15-30-26)31-24-8-10-29-23-6-4-17(12-21(23)24)18-13-22(28)27(34)25(14-18)35-3/h4-8,10,12-15,20,34H,9,11,16H2,1-3H3,(H,29,31). The van der Waals surface area contributed by atoms with E-state index in [9.17, 15) is 5.11 Å². The van der Waals surface area contributed by atoms with Gasteiger partial charge >= 0.3 is 0 Å². The largest absolute Gasteiger partial charge is 0.503 e. The number of fused-ring (bicyclic) bond motifs is 1. The molecule has 1 fully saturated rings. The molecular formula is C27H28ClN5O2. The van der Waals surface area contributed by atoms with E-state index >= 15 is 0 Å². The molecule has 2 aromatic carbocycles. The third kappa shape index (κ3) is 4.70. The summed E-state index contributed by atoms with van der Waals surface area (Å²) in [5, 5.41) is 14.8. The van der Waals surface area contributed by atoms with Gasteiger partial charge in [0.25, 0.3) is 0 Å². The number of hydrogen-bond acceptors (Lipinski definition) is 7. The van der Waals surface area contributed by atoms with Crippen molar-refractivity contribution in [3.05, 3.63) is 65.9 Å². The van der Waals surface area contributed by atoms with Crippen LogP contribution in [0, 0.1) is 0 Å². The lowest BCUT2D eigenvalue weighted by molar-refractivity contribution is 0.315. The molecule has 1 atom stereocenters. The van der Waals surface area contributed by atoms with Gasteiger partial charge in [0, 0.05) is 36.4 Å². The van der Waals surface area contributed by atoms with Crippen molar-refractivity contribution in [2.24, 2.45) is 0 Å². The summed E-state index contributed by atoms with van der Waals surface area (Å²) in [5.41, 5.74) is 4.48. The summed E-state index contributed by atoms with van der Waals surface area (Å²) in [7, 11) is 5.77. The summed E-state index contributed by atoms with van der Waals surface area (Å²) in [5.74, 6) is 1.27. The number of aromatic nitrogens is 2. The van der Waals surface area contributed by atoms with E-state index in [0.717, 1.165) is 58.7 Å². The van der Waals surface area contributed by atoms with E-state index in [1.807, 2.05) is 24.4 Å². The van der Waals surface area contributed by atoms with Crippen LogP contribution in [-0.4, -0.2) is 60.3 Å². The Morgan fingerprint density at radius 1 is 1.09 bits per heavy atom. The zero-order valence-electron chi connectivity index (χ0n) is 20.0. The number of benzene rings is 2. The Labute approximate surface area is 209 Å². The van der Waals surface area contributed by atoms with E-state index in [2.05, 4.69) is 52.4 Å². The van der Waals surface area contributed by atoms with Crippen molar-refractivity contribution in [1.82, 2.24) is 14.9 Å². The number of phenolic OH excluding ortho intramolecular Hbond substituents is 1. The molecule has 1 aliphatic rings. The first-order valence-corrected chi connectivity index (χ1v) is 11.9. The van der Waals surface area contributed by atoms with Crippen molar-refractivity contribution < 1.29 is 9.84 Å². The SMILES string of the molecule is COc1cc(-c2ccc3nccc(Nc4ccc(N5CCC(N(C)C)C5)nc4)c3c2)cc(Cl)c1O. The van der Waals surface area contributed by atoms with Gasteiger partial charge in [-0.05, 0) is 74.1 Å². The Balaban J connectivity index is 1.42. The highest BCUT2D eigenvalue weighted by Crippen LogP contribution is 2.39. The molecule has 180 valence electrons. The number of ether oxygens (including phenoxy) is 1. The minimum Gasteiger partial charge on any atom is -0.503 e. The summed E-state index contributed by atoms with van der Waals surface area (Å²) >= 11 is 6.22. The zero-order valence-corrected chi connectivity index (χ0v) is 20.8. The van der Waals surface area contributed by atoms with Gasteiger partial charge in [0.05, 0.1) is 29.5 Å². The minimum atomic E-state index is -0.0650. The van der Waals surface area contributed by atoms with Crippen LogP contribution < -0.4 is 15.0 Å². The van der Waals surface area contributed by atoms with Gasteiger partial charge in [-0.2, -0.15) is 0 Å². The van der Waals surface area contributed by atoms with Crippen molar-refractivity contribution in [1.29, 1.82) is 0 Å². The average molecular weight is 490 g/mol. The topological polar surface area (TPSA) is 73.8 Å². The van der Waals surface area contributed by atoms with Crippen molar-refractivity contribution in [2.75, 3.05) is 44.5 Å². The minimum absolute atomic E-state index is 0.0650.